The molecule has 2 heterocycles. The molecule has 2 saturated heterocycles. The lowest BCUT2D eigenvalue weighted by Crippen LogP contribution is -2.69. The number of amides is 2. The van der Waals surface area contributed by atoms with E-state index in [1.54, 1.807) is 13.8 Å². The Bertz CT molecular complexity index is 530. The monoisotopic (exact) mass is 302 g/mol. The molecule has 2 rings (SSSR count). The van der Waals surface area contributed by atoms with Crippen molar-refractivity contribution in [3.05, 3.63) is 0 Å². The van der Waals surface area contributed by atoms with Crippen molar-refractivity contribution in [1.29, 1.82) is 0 Å². The molecule has 0 saturated carbocycles. The molecule has 7 heteroatoms. The summed E-state index contributed by atoms with van der Waals surface area (Å²) in [4.78, 5) is 26.0. The van der Waals surface area contributed by atoms with Gasteiger partial charge in [-0.1, -0.05) is 6.92 Å². The van der Waals surface area contributed by atoms with Crippen LogP contribution in [0.25, 0.3) is 0 Å². The number of nitrogens with one attached hydrogen (secondary N) is 1. The minimum Gasteiger partial charge on any atom is -0.340 e. The van der Waals surface area contributed by atoms with Crippen molar-refractivity contribution >= 4 is 21.7 Å². The van der Waals surface area contributed by atoms with Crippen molar-refractivity contribution in [1.82, 2.24) is 10.2 Å². The molecule has 3 unspecified atom stereocenters. The molecule has 20 heavy (non-hydrogen) atoms. The van der Waals surface area contributed by atoms with Gasteiger partial charge in [0.25, 0.3) is 0 Å². The highest BCUT2D eigenvalue weighted by Gasteiger charge is 2.47. The van der Waals surface area contributed by atoms with E-state index in [0.717, 1.165) is 0 Å². The van der Waals surface area contributed by atoms with Gasteiger partial charge in [0.05, 0.1) is 11.0 Å². The van der Waals surface area contributed by atoms with Crippen LogP contribution in [0.4, 0.5) is 0 Å². The summed E-state index contributed by atoms with van der Waals surface area (Å²) in [6, 6.07) is -0.613. The van der Waals surface area contributed by atoms with Crippen LogP contribution in [-0.2, 0) is 19.4 Å². The molecular formula is C13H22N2O4S. The first-order valence-corrected chi connectivity index (χ1v) is 8.77. The number of sulfone groups is 1. The fourth-order valence-electron chi connectivity index (χ4n) is 2.83. The zero-order valence-electron chi connectivity index (χ0n) is 12.2. The maximum atomic E-state index is 12.5. The predicted molar refractivity (Wildman–Crippen MR) is 74.8 cm³/mol. The first kappa shape index (κ1) is 15.3. The molecule has 2 aliphatic heterocycles. The zero-order valence-corrected chi connectivity index (χ0v) is 13.0. The minimum absolute atomic E-state index is 0.130. The van der Waals surface area contributed by atoms with Gasteiger partial charge in [-0.2, -0.15) is 0 Å². The standard InChI is InChI=1S/C13H22N2O4S/c1-4-13(3)12(17)15(9(2)11(16)14-13)8-10-6-5-7-20(10,18)19/h9-10H,4-8H2,1-3H3,(H,14,16). The van der Waals surface area contributed by atoms with E-state index < -0.39 is 26.7 Å². The molecule has 0 aromatic carbocycles. The summed E-state index contributed by atoms with van der Waals surface area (Å²) >= 11 is 0. The van der Waals surface area contributed by atoms with Gasteiger partial charge in [0, 0.05) is 6.54 Å². The molecule has 6 nitrogen and oxygen atoms in total. The molecule has 0 spiro atoms. The van der Waals surface area contributed by atoms with Gasteiger partial charge in [-0.25, -0.2) is 8.42 Å². The third-order valence-corrected chi connectivity index (χ3v) is 6.81. The minimum atomic E-state index is -3.12. The van der Waals surface area contributed by atoms with Crippen LogP contribution in [0.3, 0.4) is 0 Å². The van der Waals surface area contributed by atoms with Crippen molar-refractivity contribution in [2.75, 3.05) is 12.3 Å². The number of nitrogens with zero attached hydrogens (tertiary/aromatic N) is 1. The van der Waals surface area contributed by atoms with E-state index in [-0.39, 0.29) is 24.1 Å². The number of piperazine rings is 1. The second-order valence-corrected chi connectivity index (χ2v) is 8.34. The van der Waals surface area contributed by atoms with E-state index in [9.17, 15) is 18.0 Å². The van der Waals surface area contributed by atoms with Gasteiger partial charge < -0.3 is 10.2 Å². The summed E-state index contributed by atoms with van der Waals surface area (Å²) in [7, 11) is -3.12. The summed E-state index contributed by atoms with van der Waals surface area (Å²) in [5.41, 5.74) is -0.925. The van der Waals surface area contributed by atoms with Gasteiger partial charge in [-0.05, 0) is 33.1 Å². The molecular weight excluding hydrogens is 280 g/mol. The second-order valence-electron chi connectivity index (χ2n) is 5.94. The van der Waals surface area contributed by atoms with Crippen LogP contribution < -0.4 is 5.32 Å². The number of carbonyl (C=O) groups is 2. The van der Waals surface area contributed by atoms with Gasteiger partial charge in [0.1, 0.15) is 11.6 Å². The molecule has 2 fully saturated rings. The number of hydrogen-bond acceptors (Lipinski definition) is 4. The summed E-state index contributed by atoms with van der Waals surface area (Å²) in [6.07, 6.45) is 1.70. The van der Waals surface area contributed by atoms with Crippen molar-refractivity contribution in [2.24, 2.45) is 0 Å². The van der Waals surface area contributed by atoms with Gasteiger partial charge >= 0.3 is 0 Å². The molecule has 2 amide bonds. The smallest absolute Gasteiger partial charge is 0.248 e. The van der Waals surface area contributed by atoms with E-state index >= 15 is 0 Å². The third-order valence-electron chi connectivity index (χ3n) is 4.55. The maximum Gasteiger partial charge on any atom is 0.248 e. The molecule has 3 atom stereocenters. The molecule has 2 aliphatic rings. The van der Waals surface area contributed by atoms with E-state index in [1.807, 2.05) is 6.92 Å². The highest BCUT2D eigenvalue weighted by atomic mass is 32.2. The van der Waals surface area contributed by atoms with E-state index in [0.29, 0.717) is 19.3 Å². The Balaban J connectivity index is 2.24. The highest BCUT2D eigenvalue weighted by molar-refractivity contribution is 7.92. The second kappa shape index (κ2) is 5.02. The van der Waals surface area contributed by atoms with Gasteiger partial charge in [0.15, 0.2) is 9.84 Å². The number of carbonyl (C=O) groups excluding carboxylic acids is 2. The quantitative estimate of drug-likeness (QED) is 0.800. The third kappa shape index (κ3) is 2.43. The molecule has 0 aliphatic carbocycles. The first-order chi connectivity index (χ1) is 9.21. The van der Waals surface area contributed by atoms with Crippen LogP contribution in [0.15, 0.2) is 0 Å². The predicted octanol–water partition coefficient (Wildman–Crippen LogP) is 0.0792. The Morgan fingerprint density at radius 3 is 2.55 bits per heavy atom. The lowest BCUT2D eigenvalue weighted by atomic mass is 9.92. The van der Waals surface area contributed by atoms with Crippen LogP contribution in [0.1, 0.15) is 40.0 Å². The van der Waals surface area contributed by atoms with Crippen LogP contribution in [0, 0.1) is 0 Å². The van der Waals surface area contributed by atoms with Crippen LogP contribution in [0.5, 0.6) is 0 Å². The lowest BCUT2D eigenvalue weighted by molar-refractivity contribution is -0.153. The lowest BCUT2D eigenvalue weighted by Gasteiger charge is -2.43. The molecule has 114 valence electrons. The topological polar surface area (TPSA) is 83.6 Å². The van der Waals surface area contributed by atoms with Crippen molar-refractivity contribution in [3.63, 3.8) is 0 Å². The molecule has 0 radical (unpaired) electrons. The van der Waals surface area contributed by atoms with Crippen molar-refractivity contribution < 1.29 is 18.0 Å². The Labute approximate surface area is 119 Å². The van der Waals surface area contributed by atoms with Gasteiger partial charge in [0.2, 0.25) is 11.8 Å². The first-order valence-electron chi connectivity index (χ1n) is 7.06. The van der Waals surface area contributed by atoms with Crippen LogP contribution in [-0.4, -0.2) is 54.3 Å². The van der Waals surface area contributed by atoms with E-state index in [2.05, 4.69) is 5.32 Å². The van der Waals surface area contributed by atoms with Crippen molar-refractivity contribution in [2.45, 2.75) is 56.9 Å². The Morgan fingerprint density at radius 2 is 2.05 bits per heavy atom. The Hall–Kier alpha value is -1.11. The summed E-state index contributed by atoms with van der Waals surface area (Å²) in [6.45, 7) is 5.29. The van der Waals surface area contributed by atoms with Gasteiger partial charge in [-0.3, -0.25) is 9.59 Å². The number of hydrogen-bond donors (Lipinski definition) is 1. The molecule has 0 aromatic heterocycles. The van der Waals surface area contributed by atoms with Crippen LogP contribution in [0.2, 0.25) is 0 Å². The van der Waals surface area contributed by atoms with Crippen LogP contribution >= 0.6 is 0 Å². The number of rotatable bonds is 3. The van der Waals surface area contributed by atoms with E-state index in [4.69, 9.17) is 0 Å². The fourth-order valence-corrected chi connectivity index (χ4v) is 4.64. The van der Waals surface area contributed by atoms with Crippen molar-refractivity contribution in [3.8, 4) is 0 Å². The normalized spacial score (nSPS) is 37.0. The van der Waals surface area contributed by atoms with Gasteiger partial charge in [-0.15, -0.1) is 0 Å². The summed E-state index contributed by atoms with van der Waals surface area (Å²) < 4.78 is 23.8. The fraction of sp³-hybridized carbons (Fsp3) is 0.846. The molecule has 0 aromatic rings. The average Bonchev–Trinajstić information content (AvgIpc) is 2.71. The zero-order chi connectivity index (χ0) is 15.1. The highest BCUT2D eigenvalue weighted by Crippen LogP contribution is 2.26. The summed E-state index contributed by atoms with van der Waals surface area (Å²) in [5, 5.41) is 2.21. The molecule has 0 bridgehead atoms. The average molecular weight is 302 g/mol. The molecule has 1 N–H and O–H groups in total. The Morgan fingerprint density at radius 1 is 1.40 bits per heavy atom. The van der Waals surface area contributed by atoms with E-state index in [1.165, 1.54) is 4.90 Å². The summed E-state index contributed by atoms with van der Waals surface area (Å²) in [5.74, 6) is -0.218. The largest absolute Gasteiger partial charge is 0.340 e. The Kier molecular flexibility index (Phi) is 3.83. The SMILES string of the molecule is CCC1(C)NC(=O)C(C)N(CC2CCCS2(=O)=O)C1=O. The maximum absolute atomic E-state index is 12.5.